The lowest BCUT2D eigenvalue weighted by Gasteiger charge is -2.28. The lowest BCUT2D eigenvalue weighted by Crippen LogP contribution is -2.20. The molecule has 5 aromatic carbocycles. The number of para-hydroxylation sites is 2. The van der Waals surface area contributed by atoms with Crippen molar-refractivity contribution in [2.75, 3.05) is 22.9 Å². The molecule has 5 aromatic rings. The molecule has 0 unspecified atom stereocenters. The summed E-state index contributed by atoms with van der Waals surface area (Å²) in [5, 5.41) is 0. The second kappa shape index (κ2) is 15.5. The van der Waals surface area contributed by atoms with Crippen LogP contribution in [0.1, 0.15) is 63.1 Å². The van der Waals surface area contributed by atoms with Gasteiger partial charge in [0.05, 0.1) is 4.90 Å². The van der Waals surface area contributed by atoms with Crippen molar-refractivity contribution in [3.8, 4) is 0 Å². The van der Waals surface area contributed by atoms with Crippen molar-refractivity contribution in [1.29, 1.82) is 0 Å². The van der Waals surface area contributed by atoms with E-state index in [0.29, 0.717) is 17.4 Å². The Labute approximate surface area is 281 Å². The standard InChI is InChI=1S/C41H46N2O3S/c1-31(2)27-29-42(35-13-7-5-8-14-35)37-23-19-33(20-24-37)41(39-17-11-12-18-40(39)47(44,45)46)34-21-25-38(26-22-34)43(30-28-32(3)4)36-15-9-6-10-16-36/h5-26,31-32,41H,27-30H2,1-4H3,(H,44,45,46). The molecule has 47 heavy (non-hydrogen) atoms. The number of benzene rings is 5. The molecule has 0 radical (unpaired) electrons. The minimum absolute atomic E-state index is 0.0798. The van der Waals surface area contributed by atoms with Gasteiger partial charge in [-0.2, -0.15) is 8.42 Å². The third kappa shape index (κ3) is 8.70. The van der Waals surface area contributed by atoms with E-state index in [1.54, 1.807) is 12.1 Å². The Morgan fingerprint density at radius 3 is 1.26 bits per heavy atom. The molecule has 0 atom stereocenters. The van der Waals surface area contributed by atoms with Gasteiger partial charge in [0.25, 0.3) is 10.1 Å². The highest BCUT2D eigenvalue weighted by Gasteiger charge is 2.25. The fraction of sp³-hybridized carbons (Fsp3) is 0.268. The maximum absolute atomic E-state index is 12.6. The fourth-order valence-electron chi connectivity index (χ4n) is 6.00. The van der Waals surface area contributed by atoms with Crippen LogP contribution in [-0.4, -0.2) is 26.1 Å². The number of anilines is 4. The molecule has 0 aliphatic rings. The van der Waals surface area contributed by atoms with E-state index in [1.165, 1.54) is 6.07 Å². The van der Waals surface area contributed by atoms with Crippen LogP contribution in [-0.2, 0) is 10.1 Å². The summed E-state index contributed by atoms with van der Waals surface area (Å²) in [6, 6.07) is 44.3. The lowest BCUT2D eigenvalue weighted by molar-refractivity contribution is 0.482. The van der Waals surface area contributed by atoms with Crippen LogP contribution in [0.5, 0.6) is 0 Å². The van der Waals surface area contributed by atoms with E-state index in [4.69, 9.17) is 0 Å². The summed E-state index contributed by atoms with van der Waals surface area (Å²) >= 11 is 0. The molecule has 5 rings (SSSR count). The van der Waals surface area contributed by atoms with Crippen LogP contribution in [0, 0.1) is 11.8 Å². The fourth-order valence-corrected chi connectivity index (χ4v) is 6.74. The Morgan fingerprint density at radius 1 is 0.511 bits per heavy atom. The van der Waals surface area contributed by atoms with Crippen molar-refractivity contribution in [2.45, 2.75) is 51.3 Å². The van der Waals surface area contributed by atoms with Crippen molar-refractivity contribution in [3.05, 3.63) is 150 Å². The third-order valence-electron chi connectivity index (χ3n) is 8.58. The first-order chi connectivity index (χ1) is 22.6. The summed E-state index contributed by atoms with van der Waals surface area (Å²) in [7, 11) is -4.46. The van der Waals surface area contributed by atoms with Crippen molar-refractivity contribution < 1.29 is 13.0 Å². The van der Waals surface area contributed by atoms with Crippen LogP contribution < -0.4 is 9.80 Å². The molecule has 0 saturated heterocycles. The number of nitrogens with zero attached hydrogens (tertiary/aromatic N) is 2. The van der Waals surface area contributed by atoms with Gasteiger partial charge >= 0.3 is 0 Å². The van der Waals surface area contributed by atoms with Crippen LogP contribution in [0.25, 0.3) is 0 Å². The van der Waals surface area contributed by atoms with Gasteiger partial charge in [0.1, 0.15) is 0 Å². The van der Waals surface area contributed by atoms with Crippen LogP contribution in [0.4, 0.5) is 22.7 Å². The lowest BCUT2D eigenvalue weighted by atomic mass is 9.85. The summed E-state index contributed by atoms with van der Waals surface area (Å²) in [5.74, 6) is 0.707. The van der Waals surface area contributed by atoms with Crippen molar-refractivity contribution in [2.24, 2.45) is 11.8 Å². The van der Waals surface area contributed by atoms with Gasteiger partial charge in [0, 0.05) is 41.8 Å². The Morgan fingerprint density at radius 2 is 0.872 bits per heavy atom. The Kier molecular flexibility index (Phi) is 11.2. The number of hydrogen-bond acceptors (Lipinski definition) is 4. The first-order valence-corrected chi connectivity index (χ1v) is 18.0. The molecule has 0 fully saturated rings. The first-order valence-electron chi connectivity index (χ1n) is 16.5. The molecule has 0 aliphatic carbocycles. The van der Waals surface area contributed by atoms with Gasteiger partial charge < -0.3 is 9.80 Å². The summed E-state index contributed by atoms with van der Waals surface area (Å²) in [6.45, 7) is 10.7. The third-order valence-corrected chi connectivity index (χ3v) is 9.51. The molecule has 0 bridgehead atoms. The number of rotatable bonds is 14. The van der Waals surface area contributed by atoms with Gasteiger partial charge in [-0.25, -0.2) is 0 Å². The largest absolute Gasteiger partial charge is 0.341 e. The quantitative estimate of drug-likeness (QED) is 0.0961. The molecule has 5 nitrogen and oxygen atoms in total. The molecule has 0 saturated carbocycles. The minimum Gasteiger partial charge on any atom is -0.341 e. The van der Waals surface area contributed by atoms with Gasteiger partial charge in [-0.1, -0.05) is 107 Å². The predicted octanol–water partition coefficient (Wildman–Crippen LogP) is 10.5. The van der Waals surface area contributed by atoms with E-state index in [9.17, 15) is 13.0 Å². The molecular weight excluding hydrogens is 601 g/mol. The van der Waals surface area contributed by atoms with Crippen LogP contribution in [0.3, 0.4) is 0 Å². The normalized spacial score (nSPS) is 11.7. The Hall–Kier alpha value is -4.39. The summed E-state index contributed by atoms with van der Waals surface area (Å²) in [6.07, 6.45) is 2.09. The SMILES string of the molecule is CC(C)CCN(c1ccccc1)c1ccc(C(c2ccc(N(CCC(C)C)c3ccccc3)cc2)c2ccccc2S(=O)(=O)O)cc1. The predicted molar refractivity (Wildman–Crippen MR) is 196 cm³/mol. The molecular formula is C41H46N2O3S. The second-order valence-corrected chi connectivity index (χ2v) is 14.4. The monoisotopic (exact) mass is 646 g/mol. The van der Waals surface area contributed by atoms with Crippen LogP contribution in [0.15, 0.2) is 138 Å². The van der Waals surface area contributed by atoms with Crippen molar-refractivity contribution in [1.82, 2.24) is 0 Å². The molecule has 0 amide bonds. The van der Waals surface area contributed by atoms with E-state index in [1.807, 2.05) is 18.2 Å². The minimum atomic E-state index is -4.46. The highest BCUT2D eigenvalue weighted by Crippen LogP contribution is 2.38. The summed E-state index contributed by atoms with van der Waals surface area (Å²) < 4.78 is 35.5. The number of hydrogen-bond donors (Lipinski definition) is 1. The van der Waals surface area contributed by atoms with Crippen molar-refractivity contribution >= 4 is 32.9 Å². The molecule has 0 aliphatic heterocycles. The first kappa shape index (κ1) is 34.0. The molecule has 6 heteroatoms. The van der Waals surface area contributed by atoms with Gasteiger partial charge in [-0.3, -0.25) is 4.55 Å². The molecule has 0 heterocycles. The van der Waals surface area contributed by atoms with Gasteiger partial charge in [0.2, 0.25) is 0 Å². The summed E-state index contributed by atoms with van der Waals surface area (Å²) in [5.41, 5.74) is 6.82. The average molecular weight is 647 g/mol. The van der Waals surface area contributed by atoms with Crippen LogP contribution >= 0.6 is 0 Å². The van der Waals surface area contributed by atoms with E-state index in [2.05, 4.69) is 135 Å². The average Bonchev–Trinajstić information content (AvgIpc) is 3.07. The zero-order valence-corrected chi connectivity index (χ0v) is 28.6. The molecule has 1 N–H and O–H groups in total. The highest BCUT2D eigenvalue weighted by molar-refractivity contribution is 7.85. The van der Waals surface area contributed by atoms with Gasteiger partial charge in [-0.15, -0.1) is 0 Å². The highest BCUT2D eigenvalue weighted by atomic mass is 32.2. The maximum Gasteiger partial charge on any atom is 0.294 e. The molecule has 244 valence electrons. The molecule has 0 aromatic heterocycles. The maximum atomic E-state index is 12.6. The zero-order valence-electron chi connectivity index (χ0n) is 27.8. The van der Waals surface area contributed by atoms with E-state index < -0.39 is 16.0 Å². The van der Waals surface area contributed by atoms with Gasteiger partial charge in [0.15, 0.2) is 0 Å². The van der Waals surface area contributed by atoms with Crippen LogP contribution in [0.2, 0.25) is 0 Å². The topological polar surface area (TPSA) is 60.9 Å². The van der Waals surface area contributed by atoms with Gasteiger partial charge in [-0.05, 0) is 96.0 Å². The van der Waals surface area contributed by atoms with Crippen molar-refractivity contribution in [3.63, 3.8) is 0 Å². The van der Waals surface area contributed by atoms with E-state index >= 15 is 0 Å². The Bertz CT molecular complexity index is 1710. The zero-order chi connectivity index (χ0) is 33.4. The second-order valence-electron chi connectivity index (χ2n) is 13.0. The Balaban J connectivity index is 1.57. The van der Waals surface area contributed by atoms with E-state index in [-0.39, 0.29) is 4.90 Å². The smallest absolute Gasteiger partial charge is 0.294 e. The summed E-state index contributed by atoms with van der Waals surface area (Å²) in [4.78, 5) is 4.58. The van der Waals surface area contributed by atoms with E-state index in [0.717, 1.165) is 59.8 Å². The molecule has 0 spiro atoms.